The minimum Gasteiger partial charge on any atom is -0.465 e. The molecule has 0 saturated carbocycles. The summed E-state index contributed by atoms with van der Waals surface area (Å²) in [7, 11) is 0. The van der Waals surface area contributed by atoms with Gasteiger partial charge in [-0.15, -0.1) is 0 Å². The van der Waals surface area contributed by atoms with Crippen molar-refractivity contribution < 1.29 is 19.1 Å². The molecule has 2 aromatic rings. The summed E-state index contributed by atoms with van der Waals surface area (Å²) < 4.78 is 10.3. The van der Waals surface area contributed by atoms with E-state index in [1.807, 2.05) is 68.4 Å². The molecule has 1 atom stereocenters. The summed E-state index contributed by atoms with van der Waals surface area (Å²) >= 11 is 0. The molecule has 0 saturated heterocycles. The normalized spacial score (nSPS) is 11.8. The molecule has 2 rings (SSSR count). The Labute approximate surface area is 167 Å². The predicted octanol–water partition coefficient (Wildman–Crippen LogP) is 4.51. The van der Waals surface area contributed by atoms with E-state index in [0.717, 1.165) is 11.4 Å². The second-order valence-corrected chi connectivity index (χ2v) is 6.74. The van der Waals surface area contributed by atoms with Crippen LogP contribution >= 0.6 is 0 Å². The number of benzene rings is 2. The summed E-state index contributed by atoms with van der Waals surface area (Å²) in [4.78, 5) is 27.0. The van der Waals surface area contributed by atoms with Crippen LogP contribution in [0.1, 0.15) is 26.3 Å². The Hall–Kier alpha value is -2.82. The highest BCUT2D eigenvalue weighted by Crippen LogP contribution is 2.29. The molecule has 0 radical (unpaired) electrons. The van der Waals surface area contributed by atoms with Crippen LogP contribution in [0.25, 0.3) is 0 Å². The number of carbonyl (C=O) groups is 2. The Bertz CT molecular complexity index is 740. The van der Waals surface area contributed by atoms with E-state index in [4.69, 9.17) is 9.47 Å². The number of anilines is 2. The number of carbonyl (C=O) groups excluding carboxylic acids is 2. The molecular weight excluding hydrogens is 354 g/mol. The van der Waals surface area contributed by atoms with Gasteiger partial charge in [0.15, 0.2) is 5.92 Å². The molecule has 0 heterocycles. The van der Waals surface area contributed by atoms with Crippen LogP contribution in [0, 0.1) is 18.8 Å². The van der Waals surface area contributed by atoms with Gasteiger partial charge in [-0.3, -0.25) is 9.59 Å². The molecule has 2 aromatic carbocycles. The second-order valence-electron chi connectivity index (χ2n) is 6.74. The lowest BCUT2D eigenvalue weighted by atomic mass is 9.93. The average Bonchev–Trinajstić information content (AvgIpc) is 2.68. The van der Waals surface area contributed by atoms with Crippen molar-refractivity contribution >= 4 is 23.3 Å². The van der Waals surface area contributed by atoms with Crippen molar-refractivity contribution in [1.29, 1.82) is 0 Å². The molecule has 5 heteroatoms. The number of hydrogen-bond donors (Lipinski definition) is 0. The molecule has 0 aliphatic rings. The molecule has 5 nitrogen and oxygen atoms in total. The van der Waals surface area contributed by atoms with Gasteiger partial charge in [0.25, 0.3) is 0 Å². The number of rotatable bonds is 9. The van der Waals surface area contributed by atoms with Crippen molar-refractivity contribution in [3.05, 3.63) is 60.2 Å². The standard InChI is InChI=1S/C23H29NO4/c1-5-27-22(25)21(23(26)28-6-2)18(4)16-24(19-10-8-7-9-11-19)20-14-12-17(3)13-15-20/h7-15,18,21H,5-6,16H2,1-4H3. The van der Waals surface area contributed by atoms with Gasteiger partial charge in [0.1, 0.15) is 0 Å². The Morgan fingerprint density at radius 3 is 1.86 bits per heavy atom. The van der Waals surface area contributed by atoms with E-state index < -0.39 is 17.9 Å². The van der Waals surface area contributed by atoms with Gasteiger partial charge >= 0.3 is 11.9 Å². The zero-order chi connectivity index (χ0) is 20.5. The van der Waals surface area contributed by atoms with Crippen molar-refractivity contribution in [3.8, 4) is 0 Å². The third-order valence-corrected chi connectivity index (χ3v) is 4.53. The van der Waals surface area contributed by atoms with Crippen molar-refractivity contribution in [3.63, 3.8) is 0 Å². The number of hydrogen-bond acceptors (Lipinski definition) is 5. The number of esters is 2. The van der Waals surface area contributed by atoms with Crippen LogP contribution < -0.4 is 4.90 Å². The first kappa shape index (κ1) is 21.5. The quantitative estimate of drug-likeness (QED) is 0.471. The molecule has 1 unspecified atom stereocenters. The fourth-order valence-electron chi connectivity index (χ4n) is 3.11. The summed E-state index contributed by atoms with van der Waals surface area (Å²) in [5.41, 5.74) is 3.15. The average molecular weight is 383 g/mol. The van der Waals surface area contributed by atoms with Crippen molar-refractivity contribution in [2.45, 2.75) is 27.7 Å². The van der Waals surface area contributed by atoms with E-state index in [9.17, 15) is 9.59 Å². The Kier molecular flexibility index (Phi) is 8.05. The molecule has 0 N–H and O–H groups in total. The smallest absolute Gasteiger partial charge is 0.320 e. The fourth-order valence-corrected chi connectivity index (χ4v) is 3.11. The molecule has 0 amide bonds. The molecule has 0 bridgehead atoms. The van der Waals surface area contributed by atoms with Crippen LogP contribution in [0.4, 0.5) is 11.4 Å². The van der Waals surface area contributed by atoms with E-state index in [1.54, 1.807) is 13.8 Å². The highest BCUT2D eigenvalue weighted by Gasteiger charge is 2.36. The van der Waals surface area contributed by atoms with Gasteiger partial charge in [-0.25, -0.2) is 0 Å². The van der Waals surface area contributed by atoms with E-state index in [0.29, 0.717) is 6.54 Å². The largest absolute Gasteiger partial charge is 0.465 e. The van der Waals surface area contributed by atoms with Gasteiger partial charge in [-0.05, 0) is 51.0 Å². The zero-order valence-corrected chi connectivity index (χ0v) is 17.1. The summed E-state index contributed by atoms with van der Waals surface area (Å²) in [6.45, 7) is 8.29. The summed E-state index contributed by atoms with van der Waals surface area (Å²) in [5.74, 6) is -2.34. The maximum atomic E-state index is 12.5. The van der Waals surface area contributed by atoms with Crippen LogP contribution in [0.2, 0.25) is 0 Å². The predicted molar refractivity (Wildman–Crippen MR) is 111 cm³/mol. The molecule has 0 aliphatic heterocycles. The van der Waals surface area contributed by atoms with Crippen LogP contribution in [-0.2, 0) is 19.1 Å². The highest BCUT2D eigenvalue weighted by atomic mass is 16.6. The first-order chi connectivity index (χ1) is 13.5. The Balaban J connectivity index is 2.33. The topological polar surface area (TPSA) is 55.8 Å². The van der Waals surface area contributed by atoms with E-state index in [1.165, 1.54) is 5.56 Å². The van der Waals surface area contributed by atoms with Crippen molar-refractivity contribution in [1.82, 2.24) is 0 Å². The minimum absolute atomic E-state index is 0.224. The number of para-hydroxylation sites is 1. The summed E-state index contributed by atoms with van der Waals surface area (Å²) in [6, 6.07) is 18.1. The van der Waals surface area contributed by atoms with Gasteiger partial charge in [-0.2, -0.15) is 0 Å². The van der Waals surface area contributed by atoms with E-state index >= 15 is 0 Å². The van der Waals surface area contributed by atoms with Gasteiger partial charge in [-0.1, -0.05) is 42.8 Å². The fraction of sp³-hybridized carbons (Fsp3) is 0.391. The Morgan fingerprint density at radius 1 is 0.857 bits per heavy atom. The number of nitrogens with zero attached hydrogens (tertiary/aromatic N) is 1. The Morgan fingerprint density at radius 2 is 1.36 bits per heavy atom. The van der Waals surface area contributed by atoms with Gasteiger partial charge < -0.3 is 14.4 Å². The number of aryl methyl sites for hydroxylation is 1. The molecule has 150 valence electrons. The van der Waals surface area contributed by atoms with Crippen LogP contribution in [0.3, 0.4) is 0 Å². The van der Waals surface area contributed by atoms with Crippen LogP contribution in [0.5, 0.6) is 0 Å². The monoisotopic (exact) mass is 383 g/mol. The molecule has 0 aliphatic carbocycles. The zero-order valence-electron chi connectivity index (χ0n) is 17.1. The number of ether oxygens (including phenoxy) is 2. The SMILES string of the molecule is CCOC(=O)C(C(=O)OCC)C(C)CN(c1ccccc1)c1ccc(C)cc1. The van der Waals surface area contributed by atoms with E-state index in [-0.39, 0.29) is 19.1 Å². The molecular formula is C23H29NO4. The molecule has 0 fully saturated rings. The lowest BCUT2D eigenvalue weighted by Gasteiger charge is -2.30. The first-order valence-corrected chi connectivity index (χ1v) is 9.70. The van der Waals surface area contributed by atoms with Gasteiger partial charge in [0.2, 0.25) is 0 Å². The van der Waals surface area contributed by atoms with Crippen LogP contribution in [-0.4, -0.2) is 31.7 Å². The lowest BCUT2D eigenvalue weighted by Crippen LogP contribution is -2.38. The first-order valence-electron chi connectivity index (χ1n) is 9.70. The van der Waals surface area contributed by atoms with Gasteiger partial charge in [0.05, 0.1) is 13.2 Å². The molecule has 0 spiro atoms. The maximum Gasteiger partial charge on any atom is 0.320 e. The highest BCUT2D eigenvalue weighted by molar-refractivity contribution is 5.95. The van der Waals surface area contributed by atoms with Crippen molar-refractivity contribution in [2.24, 2.45) is 11.8 Å². The molecule has 28 heavy (non-hydrogen) atoms. The minimum atomic E-state index is -0.962. The third-order valence-electron chi connectivity index (χ3n) is 4.53. The lowest BCUT2D eigenvalue weighted by molar-refractivity contribution is -0.163. The van der Waals surface area contributed by atoms with Crippen molar-refractivity contribution in [2.75, 3.05) is 24.7 Å². The van der Waals surface area contributed by atoms with Crippen LogP contribution in [0.15, 0.2) is 54.6 Å². The summed E-state index contributed by atoms with van der Waals surface area (Å²) in [5, 5.41) is 0. The van der Waals surface area contributed by atoms with Gasteiger partial charge in [0, 0.05) is 17.9 Å². The second kappa shape index (κ2) is 10.5. The molecule has 0 aromatic heterocycles. The summed E-state index contributed by atoms with van der Waals surface area (Å²) in [6.07, 6.45) is 0. The third kappa shape index (κ3) is 5.59. The van der Waals surface area contributed by atoms with E-state index in [2.05, 4.69) is 4.90 Å². The maximum absolute atomic E-state index is 12.5.